The van der Waals surface area contributed by atoms with E-state index in [1.165, 1.54) is 0 Å². The molecule has 0 atom stereocenters. The zero-order valence-corrected chi connectivity index (χ0v) is 19.6. The Labute approximate surface area is 235 Å². The molecule has 6 nitrogen and oxygen atoms in total. The van der Waals surface area contributed by atoms with Gasteiger partial charge in [-0.15, -0.1) is 0 Å². The van der Waals surface area contributed by atoms with Crippen molar-refractivity contribution >= 4 is 0 Å². The van der Waals surface area contributed by atoms with E-state index < -0.39 is 0 Å². The van der Waals surface area contributed by atoms with Gasteiger partial charge in [-0.1, -0.05) is 0 Å². The van der Waals surface area contributed by atoms with Crippen LogP contribution in [-0.4, -0.2) is 0 Å². The van der Waals surface area contributed by atoms with E-state index in [0.717, 1.165) is 0 Å². The van der Waals surface area contributed by atoms with Crippen molar-refractivity contribution in [2.24, 2.45) is 0 Å². The van der Waals surface area contributed by atoms with E-state index in [2.05, 4.69) is 0 Å². The van der Waals surface area contributed by atoms with E-state index in [9.17, 15) is 0 Å². The minimum atomic E-state index is 0. The molecule has 0 amide bonds. The van der Waals surface area contributed by atoms with Gasteiger partial charge in [0.05, 0.1) is 0 Å². The van der Waals surface area contributed by atoms with Crippen LogP contribution < -0.4 is 154 Å². The van der Waals surface area contributed by atoms with E-state index in [1.54, 1.807) is 0 Å². The molecule has 0 aromatic rings. The van der Waals surface area contributed by atoms with Crippen LogP contribution in [0.1, 0.15) is 0 Å². The Kier molecular flexibility index (Phi) is 4100. The first-order valence-electron chi connectivity index (χ1n) is 1.34. The molecule has 64 valence electrons. The van der Waals surface area contributed by atoms with Crippen LogP contribution in [0.5, 0.6) is 0 Å². The molecule has 0 saturated heterocycles. The molecule has 0 unspecified atom stereocenters. The van der Waals surface area contributed by atoms with Crippen molar-refractivity contribution in [3.63, 3.8) is 0 Å². The van der Waals surface area contributed by atoms with Gasteiger partial charge in [0, 0.05) is 0 Å². The molecule has 0 aliphatic carbocycles. The van der Waals surface area contributed by atoms with Gasteiger partial charge in [0.1, 0.15) is 0 Å². The van der Waals surface area contributed by atoms with Gasteiger partial charge in [-0.3, -0.25) is 0 Å². The van der Waals surface area contributed by atoms with E-state index in [1.807, 2.05) is 0 Å². The van der Waals surface area contributed by atoms with Crippen LogP contribution in [0.3, 0.4) is 0 Å². The molecule has 0 fully saturated rings. The number of hydrogen-bond donors (Lipinski definition) is 0. The first-order chi connectivity index (χ1) is 6.00. The molecule has 0 spiro atoms. The first kappa shape index (κ1) is 79.1. The smallest absolute Gasteiger partial charge is 0.512 e. The Balaban J connectivity index is -0.00000000321. The van der Waals surface area contributed by atoms with Gasteiger partial charge in [-0.05, 0) is 0 Å². The normalized spacial score (nSPS) is 0.750. The fourth-order valence-corrected chi connectivity index (χ4v) is 0. The van der Waals surface area contributed by atoms with Crippen LogP contribution in [0.4, 0.5) is 0 Å². The summed E-state index contributed by atoms with van der Waals surface area (Å²) < 4.78 is 0. The van der Waals surface area contributed by atoms with Crippen molar-refractivity contribution in [2.75, 3.05) is 0 Å². The van der Waals surface area contributed by atoms with Gasteiger partial charge < -0.3 is 71.0 Å². The van der Waals surface area contributed by atoms with E-state index in [0.29, 0.717) is 0 Å². The van der Waals surface area contributed by atoms with E-state index in [4.69, 9.17) is 71.0 Å². The minimum absolute atomic E-state index is 0. The second-order valence-corrected chi connectivity index (χ2v) is 0. The molecule has 0 radical (unpaired) electrons. The number of rotatable bonds is 0. The van der Waals surface area contributed by atoms with Crippen LogP contribution in [0.15, 0.2) is 0 Å². The maximum Gasteiger partial charge on any atom is 3.00 e. The summed E-state index contributed by atoms with van der Waals surface area (Å²) in [5.41, 5.74) is 0. The molecule has 0 saturated carbocycles. The maximum absolute atomic E-state index is 6.25. The fourth-order valence-electron chi connectivity index (χ4n) is 0. The molecule has 0 aliphatic heterocycles. The molecular weight excluding hydrogens is 328 g/mol. The van der Waals surface area contributed by atoms with Crippen LogP contribution in [0.2, 0.25) is 0 Å². The third-order valence-corrected chi connectivity index (χ3v) is 0. The zero-order valence-electron chi connectivity index (χ0n) is 9.06. The average molecular weight is 328 g/mol. The van der Waals surface area contributed by atoms with E-state index >= 15 is 0 Å². The summed E-state index contributed by atoms with van der Waals surface area (Å²) in [6.45, 7) is 28.5. The van der Waals surface area contributed by atoms with Crippen molar-refractivity contribution in [1.82, 2.24) is 0 Å². The summed E-state index contributed by atoms with van der Waals surface area (Å²) in [6, 6.07) is 0. The summed E-state index contributed by atoms with van der Waals surface area (Å²) in [4.78, 5) is 0. The number of hydrogen-bond acceptors (Lipinski definition) is 6. The molecule has 16 heavy (non-hydrogen) atoms. The summed E-state index contributed by atoms with van der Waals surface area (Å²) >= 11 is 0. The zero-order chi connectivity index (χ0) is 12.0. The minimum Gasteiger partial charge on any atom is -0.512 e. The Hall–Kier alpha value is 2.37. The average Bonchev–Trinajstić information content (AvgIpc) is 2.33. The third kappa shape index (κ3) is 689. The topological polar surface area (TPSA) is 143 Å². The standard InChI is InChI=1S/6CN.3K.Mn/c6*1-2;;;;/q6*-1;3*+1;+3. The molecule has 0 aromatic heterocycles. The Morgan fingerprint density at radius 3 is 0.312 bits per heavy atom. The molecule has 0 rings (SSSR count). The Morgan fingerprint density at radius 1 is 0.312 bits per heavy atom. The van der Waals surface area contributed by atoms with E-state index in [-0.39, 0.29) is 171 Å². The Morgan fingerprint density at radius 2 is 0.312 bits per heavy atom. The van der Waals surface area contributed by atoms with Crippen molar-refractivity contribution in [2.45, 2.75) is 0 Å². The molecule has 0 heterocycles. The summed E-state index contributed by atoms with van der Waals surface area (Å²) in [5, 5.41) is 37.5. The Bertz CT molecular complexity index is 103. The van der Waals surface area contributed by atoms with Gasteiger partial charge in [0.2, 0.25) is 0 Å². The molecule has 0 aliphatic rings. The summed E-state index contributed by atoms with van der Waals surface area (Å²) in [6.07, 6.45) is 0. The molecule has 0 bridgehead atoms. The van der Waals surface area contributed by atoms with Crippen molar-refractivity contribution in [3.8, 4) is 0 Å². The van der Waals surface area contributed by atoms with Gasteiger partial charge in [-0.25, -0.2) is 0 Å². The van der Waals surface area contributed by atoms with Gasteiger partial charge in [0.15, 0.2) is 0 Å². The summed E-state index contributed by atoms with van der Waals surface area (Å²) in [5.74, 6) is 0. The second kappa shape index (κ2) is 829. The first-order valence-corrected chi connectivity index (χ1v) is 1.34. The molecule has 0 aromatic carbocycles. The molecule has 10 heteroatoms. The second-order valence-electron chi connectivity index (χ2n) is 0. The van der Waals surface area contributed by atoms with Crippen molar-refractivity contribution in [1.29, 1.82) is 31.6 Å². The SMILES string of the molecule is [C-]#N.[C-]#N.[C-]#N.[C-]#N.[C-]#N.[C-]#N.[K+].[K+].[K+].[Mn+3]. The van der Waals surface area contributed by atoms with Gasteiger partial charge in [0.25, 0.3) is 0 Å². The van der Waals surface area contributed by atoms with Crippen LogP contribution in [-0.2, 0) is 17.1 Å². The van der Waals surface area contributed by atoms with Gasteiger partial charge >= 0.3 is 171 Å². The predicted molar refractivity (Wildman–Crippen MR) is 29.8 cm³/mol. The van der Waals surface area contributed by atoms with Crippen LogP contribution >= 0.6 is 0 Å². The van der Waals surface area contributed by atoms with Crippen LogP contribution in [0.25, 0.3) is 0 Å². The largest absolute Gasteiger partial charge is 3.00 e. The van der Waals surface area contributed by atoms with Crippen molar-refractivity contribution < 1.29 is 171 Å². The molecular formula is C6K3MnN6. The maximum atomic E-state index is 6.25. The third-order valence-electron chi connectivity index (χ3n) is 0. The fraction of sp³-hybridized carbons (Fsp3) is 0. The number of nitrogens with zero attached hydrogens (tertiary/aromatic N) is 6. The van der Waals surface area contributed by atoms with Gasteiger partial charge in [-0.2, -0.15) is 0 Å². The quantitative estimate of drug-likeness (QED) is 0.319. The molecule has 0 N–H and O–H groups in total. The predicted octanol–water partition coefficient (Wildman–Crippen LogP) is -8.41. The van der Waals surface area contributed by atoms with Crippen LogP contribution in [0, 0.1) is 71.0 Å². The van der Waals surface area contributed by atoms with Crippen molar-refractivity contribution in [3.05, 3.63) is 39.4 Å². The monoisotopic (exact) mass is 328 g/mol. The summed E-state index contributed by atoms with van der Waals surface area (Å²) in [7, 11) is 0.